The fraction of sp³-hybridized carbons (Fsp3) is 0.348. The fourth-order valence-electron chi connectivity index (χ4n) is 4.16. The zero-order valence-electron chi connectivity index (χ0n) is 16.2. The number of halogens is 1. The minimum Gasteiger partial charge on any atom is -0.361 e. The average molecular weight is 393 g/mol. The summed E-state index contributed by atoms with van der Waals surface area (Å²) in [4.78, 5) is 33.5. The molecule has 1 aliphatic rings. The number of Topliss-reactive ketones (excluding diaryl/α,β-unsaturated/α-hetero) is 1. The van der Waals surface area contributed by atoms with Crippen LogP contribution in [0.3, 0.4) is 0 Å². The molecule has 4 rings (SSSR count). The molecule has 1 amide bonds. The first kappa shape index (κ1) is 19.3. The molecule has 150 valence electrons. The number of nitrogens with one attached hydrogen (secondary N) is 2. The van der Waals surface area contributed by atoms with Crippen molar-refractivity contribution in [2.75, 3.05) is 6.54 Å². The van der Waals surface area contributed by atoms with Gasteiger partial charge in [-0.3, -0.25) is 14.6 Å². The van der Waals surface area contributed by atoms with E-state index in [0.717, 1.165) is 12.8 Å². The largest absolute Gasteiger partial charge is 0.361 e. The van der Waals surface area contributed by atoms with Gasteiger partial charge in [0, 0.05) is 29.8 Å². The van der Waals surface area contributed by atoms with Gasteiger partial charge >= 0.3 is 0 Å². The molecule has 1 atom stereocenters. The lowest BCUT2D eigenvalue weighted by Gasteiger charge is -2.23. The van der Waals surface area contributed by atoms with Gasteiger partial charge in [0.15, 0.2) is 5.78 Å². The van der Waals surface area contributed by atoms with Gasteiger partial charge in [0.2, 0.25) is 5.91 Å². The molecule has 6 heteroatoms. The van der Waals surface area contributed by atoms with Crippen molar-refractivity contribution in [3.05, 3.63) is 65.9 Å². The number of H-pyrrole nitrogens is 1. The van der Waals surface area contributed by atoms with Gasteiger partial charge in [-0.1, -0.05) is 25.3 Å². The van der Waals surface area contributed by atoms with Gasteiger partial charge in [0.25, 0.3) is 0 Å². The molecule has 1 aliphatic carbocycles. The molecule has 1 fully saturated rings. The van der Waals surface area contributed by atoms with Crippen LogP contribution in [0.15, 0.2) is 48.8 Å². The average Bonchev–Trinajstić information content (AvgIpc) is 3.16. The lowest BCUT2D eigenvalue weighted by molar-refractivity contribution is -0.121. The number of rotatable bonds is 6. The quantitative estimate of drug-likeness (QED) is 0.482. The summed E-state index contributed by atoms with van der Waals surface area (Å²) in [6.45, 7) is 0.571. The molecule has 1 aromatic carbocycles. The summed E-state index contributed by atoms with van der Waals surface area (Å²) in [7, 11) is 0. The van der Waals surface area contributed by atoms with Crippen LogP contribution in [0.2, 0.25) is 0 Å². The third-order valence-corrected chi connectivity index (χ3v) is 5.72. The molecule has 2 aromatic heterocycles. The topological polar surface area (TPSA) is 74.8 Å². The van der Waals surface area contributed by atoms with Gasteiger partial charge in [-0.15, -0.1) is 0 Å². The Morgan fingerprint density at radius 2 is 2.00 bits per heavy atom. The lowest BCUT2D eigenvalue weighted by Crippen LogP contribution is -2.37. The number of hydrogen-bond acceptors (Lipinski definition) is 3. The number of nitrogens with zero attached hydrogens (tertiary/aromatic N) is 1. The van der Waals surface area contributed by atoms with E-state index in [0.29, 0.717) is 28.9 Å². The molecule has 0 saturated heterocycles. The SMILES string of the molecule is O=C(NCC1CCCCC1)C(C(=O)c1ccccn1)c1c[nH]c2cc(F)ccc12. The summed E-state index contributed by atoms with van der Waals surface area (Å²) in [5.74, 6) is -1.66. The molecular formula is C23H24FN3O2. The van der Waals surface area contributed by atoms with Gasteiger partial charge in [-0.25, -0.2) is 4.39 Å². The van der Waals surface area contributed by atoms with Crippen LogP contribution in [-0.4, -0.2) is 28.2 Å². The number of aromatic amines is 1. The third-order valence-electron chi connectivity index (χ3n) is 5.72. The van der Waals surface area contributed by atoms with Crippen LogP contribution < -0.4 is 5.32 Å². The predicted molar refractivity (Wildman–Crippen MR) is 109 cm³/mol. The van der Waals surface area contributed by atoms with Crippen LogP contribution in [0.25, 0.3) is 10.9 Å². The Balaban J connectivity index is 1.64. The predicted octanol–water partition coefficient (Wildman–Crippen LogP) is 4.37. The van der Waals surface area contributed by atoms with E-state index in [1.807, 2.05) is 0 Å². The highest BCUT2D eigenvalue weighted by Crippen LogP contribution is 2.29. The van der Waals surface area contributed by atoms with E-state index < -0.39 is 5.92 Å². The van der Waals surface area contributed by atoms with E-state index in [1.54, 1.807) is 30.5 Å². The first-order valence-corrected chi connectivity index (χ1v) is 10.1. The van der Waals surface area contributed by atoms with Crippen molar-refractivity contribution in [3.63, 3.8) is 0 Å². The molecule has 2 heterocycles. The fourth-order valence-corrected chi connectivity index (χ4v) is 4.16. The highest BCUT2D eigenvalue weighted by atomic mass is 19.1. The van der Waals surface area contributed by atoms with Crippen molar-refractivity contribution in [2.45, 2.75) is 38.0 Å². The molecule has 2 N–H and O–H groups in total. The lowest BCUT2D eigenvalue weighted by atomic mass is 9.88. The van der Waals surface area contributed by atoms with Gasteiger partial charge in [0.05, 0.1) is 0 Å². The van der Waals surface area contributed by atoms with Gasteiger partial charge in [-0.05, 0) is 54.7 Å². The van der Waals surface area contributed by atoms with Crippen LogP contribution in [0.1, 0.15) is 54.1 Å². The van der Waals surface area contributed by atoms with Crippen LogP contribution in [0.5, 0.6) is 0 Å². The second-order valence-electron chi connectivity index (χ2n) is 7.70. The molecule has 1 unspecified atom stereocenters. The number of carbonyl (C=O) groups excluding carboxylic acids is 2. The smallest absolute Gasteiger partial charge is 0.235 e. The maximum atomic E-state index is 13.6. The van der Waals surface area contributed by atoms with Crippen LogP contribution in [0, 0.1) is 11.7 Å². The van der Waals surface area contributed by atoms with Crippen LogP contribution in [-0.2, 0) is 4.79 Å². The van der Waals surface area contributed by atoms with Crippen molar-refractivity contribution in [1.82, 2.24) is 15.3 Å². The number of carbonyl (C=O) groups is 2. The molecule has 0 bridgehead atoms. The Hall–Kier alpha value is -3.02. The zero-order chi connectivity index (χ0) is 20.2. The highest BCUT2D eigenvalue weighted by Gasteiger charge is 2.32. The zero-order valence-corrected chi connectivity index (χ0v) is 16.2. The minimum atomic E-state index is -1.03. The number of aromatic nitrogens is 2. The second-order valence-corrected chi connectivity index (χ2v) is 7.70. The van der Waals surface area contributed by atoms with E-state index >= 15 is 0 Å². The first-order valence-electron chi connectivity index (χ1n) is 10.1. The summed E-state index contributed by atoms with van der Waals surface area (Å²) in [5.41, 5.74) is 1.33. The minimum absolute atomic E-state index is 0.238. The van der Waals surface area contributed by atoms with Crippen LogP contribution >= 0.6 is 0 Å². The summed E-state index contributed by atoms with van der Waals surface area (Å²) in [6.07, 6.45) is 8.98. The van der Waals surface area contributed by atoms with Gasteiger partial charge < -0.3 is 10.3 Å². The molecule has 29 heavy (non-hydrogen) atoms. The van der Waals surface area contributed by atoms with E-state index in [4.69, 9.17) is 0 Å². The number of amides is 1. The van der Waals surface area contributed by atoms with Crippen molar-refractivity contribution >= 4 is 22.6 Å². The number of fused-ring (bicyclic) bond motifs is 1. The number of pyridine rings is 1. The molecule has 0 aliphatic heterocycles. The molecule has 3 aromatic rings. The van der Waals surface area contributed by atoms with E-state index in [1.165, 1.54) is 37.6 Å². The normalized spacial score (nSPS) is 15.9. The van der Waals surface area contributed by atoms with Gasteiger partial charge in [0.1, 0.15) is 17.4 Å². The number of ketones is 1. The molecule has 1 saturated carbocycles. The summed E-state index contributed by atoms with van der Waals surface area (Å²) < 4.78 is 13.6. The standard InChI is InChI=1S/C23H24FN3O2/c24-16-9-10-17-18(14-26-20(17)12-16)21(22(28)19-8-4-5-11-25-19)23(29)27-13-15-6-2-1-3-7-15/h4-5,8-12,14-15,21,26H,1-3,6-7,13H2,(H,27,29). The Morgan fingerprint density at radius 1 is 1.17 bits per heavy atom. The monoisotopic (exact) mass is 393 g/mol. The van der Waals surface area contributed by atoms with E-state index in [2.05, 4.69) is 15.3 Å². The summed E-state index contributed by atoms with van der Waals surface area (Å²) in [6, 6.07) is 9.36. The Kier molecular flexibility index (Phi) is 5.69. The van der Waals surface area contributed by atoms with Crippen molar-refractivity contribution in [3.8, 4) is 0 Å². The van der Waals surface area contributed by atoms with Crippen molar-refractivity contribution < 1.29 is 14.0 Å². The molecular weight excluding hydrogens is 369 g/mol. The molecule has 0 spiro atoms. The number of hydrogen-bond donors (Lipinski definition) is 2. The summed E-state index contributed by atoms with van der Waals surface area (Å²) in [5, 5.41) is 3.65. The van der Waals surface area contributed by atoms with Crippen molar-refractivity contribution in [2.24, 2.45) is 5.92 Å². The Bertz CT molecular complexity index is 1010. The van der Waals surface area contributed by atoms with E-state index in [-0.39, 0.29) is 23.2 Å². The Morgan fingerprint density at radius 3 is 2.76 bits per heavy atom. The second kappa shape index (κ2) is 8.55. The maximum absolute atomic E-state index is 13.6. The van der Waals surface area contributed by atoms with Crippen molar-refractivity contribution in [1.29, 1.82) is 0 Å². The summed E-state index contributed by atoms with van der Waals surface area (Å²) >= 11 is 0. The van der Waals surface area contributed by atoms with Gasteiger partial charge in [-0.2, -0.15) is 0 Å². The molecule has 5 nitrogen and oxygen atoms in total. The highest BCUT2D eigenvalue weighted by molar-refractivity contribution is 6.15. The maximum Gasteiger partial charge on any atom is 0.235 e. The number of benzene rings is 1. The van der Waals surface area contributed by atoms with E-state index in [9.17, 15) is 14.0 Å². The third kappa shape index (κ3) is 4.21. The first-order chi connectivity index (χ1) is 14.1. The van der Waals surface area contributed by atoms with Crippen LogP contribution in [0.4, 0.5) is 4.39 Å². The molecule has 0 radical (unpaired) electrons. The Labute approximate surface area is 168 Å².